The number of carbonyl (C=O) groups excluding carboxylic acids is 1. The zero-order valence-electron chi connectivity index (χ0n) is 14.1. The molecule has 2 N–H and O–H groups in total. The lowest BCUT2D eigenvalue weighted by Crippen LogP contribution is -2.47. The first-order chi connectivity index (χ1) is 12.2. The Morgan fingerprint density at radius 2 is 2.08 bits per heavy atom. The van der Waals surface area contributed by atoms with Crippen molar-refractivity contribution in [3.05, 3.63) is 41.0 Å². The molecule has 1 saturated heterocycles. The van der Waals surface area contributed by atoms with Gasteiger partial charge in [-0.2, -0.15) is 5.10 Å². The minimum Gasteiger partial charge on any atom is -0.381 e. The molecule has 1 aromatic heterocycles. The Kier molecular flexibility index (Phi) is 4.52. The Balaban J connectivity index is 1.49. The fourth-order valence-electron chi connectivity index (χ4n) is 4.22. The van der Waals surface area contributed by atoms with E-state index < -0.39 is 0 Å². The van der Waals surface area contributed by atoms with Crippen molar-refractivity contribution in [3.8, 4) is 11.3 Å². The zero-order chi connectivity index (χ0) is 17.3. The van der Waals surface area contributed by atoms with Gasteiger partial charge in [0.2, 0.25) is 0 Å². The Bertz CT molecular complexity index is 768. The van der Waals surface area contributed by atoms with Gasteiger partial charge in [0.1, 0.15) is 5.69 Å². The summed E-state index contributed by atoms with van der Waals surface area (Å²) in [4.78, 5) is 12.7. The van der Waals surface area contributed by atoms with E-state index in [4.69, 9.17) is 16.3 Å². The van der Waals surface area contributed by atoms with Crippen LogP contribution in [0, 0.1) is 5.41 Å². The summed E-state index contributed by atoms with van der Waals surface area (Å²) < 4.78 is 5.52. The van der Waals surface area contributed by atoms with Crippen molar-refractivity contribution in [2.75, 3.05) is 13.2 Å². The van der Waals surface area contributed by atoms with Crippen molar-refractivity contribution < 1.29 is 9.53 Å². The topological polar surface area (TPSA) is 67.0 Å². The summed E-state index contributed by atoms with van der Waals surface area (Å²) in [5.41, 5.74) is 2.19. The van der Waals surface area contributed by atoms with Crippen LogP contribution >= 0.6 is 11.6 Å². The number of amides is 1. The first kappa shape index (κ1) is 16.6. The Morgan fingerprint density at radius 1 is 1.28 bits per heavy atom. The predicted molar refractivity (Wildman–Crippen MR) is 96.6 cm³/mol. The first-order valence-electron chi connectivity index (χ1n) is 8.87. The molecule has 1 unspecified atom stereocenters. The molecule has 5 nitrogen and oxygen atoms in total. The van der Waals surface area contributed by atoms with Gasteiger partial charge in [-0.3, -0.25) is 9.89 Å². The van der Waals surface area contributed by atoms with Crippen LogP contribution in [0.4, 0.5) is 0 Å². The molecule has 1 aliphatic carbocycles. The number of benzene rings is 1. The monoisotopic (exact) mass is 359 g/mol. The van der Waals surface area contributed by atoms with E-state index in [9.17, 15) is 4.79 Å². The van der Waals surface area contributed by atoms with Gasteiger partial charge in [0.05, 0.1) is 10.7 Å². The molecule has 1 aliphatic heterocycles. The Morgan fingerprint density at radius 3 is 2.88 bits per heavy atom. The number of halogens is 1. The normalized spacial score (nSPS) is 22.2. The van der Waals surface area contributed by atoms with E-state index in [1.807, 2.05) is 24.3 Å². The van der Waals surface area contributed by atoms with Crippen LogP contribution in [0.3, 0.4) is 0 Å². The molecular weight excluding hydrogens is 338 g/mol. The quantitative estimate of drug-likeness (QED) is 0.875. The molecule has 0 bridgehead atoms. The molecule has 4 rings (SSSR count). The van der Waals surface area contributed by atoms with Crippen LogP contribution in [-0.2, 0) is 4.74 Å². The highest BCUT2D eigenvalue weighted by Gasteiger charge is 2.44. The van der Waals surface area contributed by atoms with Crippen LogP contribution in [0.5, 0.6) is 0 Å². The Labute approximate surface area is 152 Å². The maximum atomic E-state index is 12.7. The lowest BCUT2D eigenvalue weighted by Gasteiger charge is -2.39. The van der Waals surface area contributed by atoms with Gasteiger partial charge in [0, 0.05) is 24.8 Å². The van der Waals surface area contributed by atoms with Crippen LogP contribution < -0.4 is 5.32 Å². The van der Waals surface area contributed by atoms with Gasteiger partial charge in [0.25, 0.3) is 5.91 Å². The minimum atomic E-state index is -0.0939. The zero-order valence-corrected chi connectivity index (χ0v) is 14.8. The van der Waals surface area contributed by atoms with Gasteiger partial charge >= 0.3 is 0 Å². The van der Waals surface area contributed by atoms with Crippen molar-refractivity contribution in [2.45, 2.75) is 38.1 Å². The largest absolute Gasteiger partial charge is 0.381 e. The maximum absolute atomic E-state index is 12.7. The molecule has 25 heavy (non-hydrogen) atoms. The molecule has 2 aromatic rings. The molecule has 2 aliphatic rings. The number of rotatable bonds is 3. The smallest absolute Gasteiger partial charge is 0.269 e. The molecular formula is C19H22ClN3O2. The summed E-state index contributed by atoms with van der Waals surface area (Å²) in [5, 5.41) is 11.0. The molecule has 1 aromatic carbocycles. The average Bonchev–Trinajstić information content (AvgIpc) is 3.25. The third-order valence-electron chi connectivity index (χ3n) is 5.67. The fourth-order valence-corrected chi connectivity index (χ4v) is 4.45. The molecule has 1 spiro atoms. The predicted octanol–water partition coefficient (Wildman–Crippen LogP) is 3.81. The average molecular weight is 360 g/mol. The molecule has 2 fully saturated rings. The second-order valence-electron chi connectivity index (χ2n) is 7.04. The van der Waals surface area contributed by atoms with Crippen LogP contribution in [0.1, 0.15) is 42.6 Å². The summed E-state index contributed by atoms with van der Waals surface area (Å²) in [6.07, 6.45) is 5.45. The summed E-state index contributed by atoms with van der Waals surface area (Å²) in [7, 11) is 0. The molecule has 1 atom stereocenters. The van der Waals surface area contributed by atoms with Crippen LogP contribution in [-0.4, -0.2) is 35.4 Å². The van der Waals surface area contributed by atoms with Crippen molar-refractivity contribution in [1.29, 1.82) is 0 Å². The van der Waals surface area contributed by atoms with Crippen LogP contribution in [0.15, 0.2) is 30.3 Å². The van der Waals surface area contributed by atoms with Gasteiger partial charge in [-0.05, 0) is 43.2 Å². The SMILES string of the molecule is O=C(NC1CCCC12CCOCC2)c1cc(-c2ccccc2Cl)n[nH]1. The van der Waals surface area contributed by atoms with Crippen molar-refractivity contribution in [3.63, 3.8) is 0 Å². The maximum Gasteiger partial charge on any atom is 0.269 e. The van der Waals surface area contributed by atoms with Gasteiger partial charge in [0.15, 0.2) is 0 Å². The van der Waals surface area contributed by atoms with E-state index in [0.717, 1.165) is 38.0 Å². The number of aromatic amines is 1. The van der Waals surface area contributed by atoms with Gasteiger partial charge in [-0.15, -0.1) is 0 Å². The third kappa shape index (κ3) is 3.18. The van der Waals surface area contributed by atoms with E-state index in [-0.39, 0.29) is 17.4 Å². The molecule has 1 saturated carbocycles. The van der Waals surface area contributed by atoms with E-state index in [2.05, 4.69) is 15.5 Å². The standard InChI is InChI=1S/C19H22ClN3O2/c20-14-5-2-1-4-13(14)15-12-16(23-22-15)18(24)21-17-6-3-7-19(17)8-10-25-11-9-19/h1-2,4-5,12,17H,3,6-11H2,(H,21,24)(H,22,23). The van der Waals surface area contributed by atoms with Crippen LogP contribution in [0.2, 0.25) is 5.02 Å². The van der Waals surface area contributed by atoms with Crippen molar-refractivity contribution in [1.82, 2.24) is 15.5 Å². The second kappa shape index (κ2) is 6.81. The lowest BCUT2D eigenvalue weighted by atomic mass is 9.75. The number of nitrogens with one attached hydrogen (secondary N) is 2. The lowest BCUT2D eigenvalue weighted by molar-refractivity contribution is 0.00469. The van der Waals surface area contributed by atoms with Crippen molar-refractivity contribution in [2.24, 2.45) is 5.41 Å². The summed E-state index contributed by atoms with van der Waals surface area (Å²) >= 11 is 6.22. The van der Waals surface area contributed by atoms with E-state index >= 15 is 0 Å². The van der Waals surface area contributed by atoms with Gasteiger partial charge in [-0.1, -0.05) is 36.2 Å². The van der Waals surface area contributed by atoms with Gasteiger partial charge < -0.3 is 10.1 Å². The highest BCUT2D eigenvalue weighted by atomic mass is 35.5. The van der Waals surface area contributed by atoms with Crippen LogP contribution in [0.25, 0.3) is 11.3 Å². The molecule has 6 heteroatoms. The minimum absolute atomic E-state index is 0.0939. The molecule has 132 valence electrons. The third-order valence-corrected chi connectivity index (χ3v) is 6.00. The van der Waals surface area contributed by atoms with E-state index in [0.29, 0.717) is 16.4 Å². The van der Waals surface area contributed by atoms with Crippen molar-refractivity contribution >= 4 is 17.5 Å². The number of hydrogen-bond donors (Lipinski definition) is 2. The first-order valence-corrected chi connectivity index (χ1v) is 9.25. The number of ether oxygens (including phenoxy) is 1. The number of nitrogens with zero attached hydrogens (tertiary/aromatic N) is 1. The molecule has 1 amide bonds. The summed E-state index contributed by atoms with van der Waals surface area (Å²) in [5.74, 6) is -0.0939. The summed E-state index contributed by atoms with van der Waals surface area (Å²) in [6.45, 7) is 1.60. The fraction of sp³-hybridized carbons (Fsp3) is 0.474. The molecule has 0 radical (unpaired) electrons. The Hall–Kier alpha value is -1.85. The number of carbonyl (C=O) groups is 1. The molecule has 2 heterocycles. The number of hydrogen-bond acceptors (Lipinski definition) is 3. The second-order valence-corrected chi connectivity index (χ2v) is 7.45. The summed E-state index contributed by atoms with van der Waals surface area (Å²) in [6, 6.07) is 9.48. The van der Waals surface area contributed by atoms with Gasteiger partial charge in [-0.25, -0.2) is 0 Å². The highest BCUT2D eigenvalue weighted by molar-refractivity contribution is 6.33. The number of aromatic nitrogens is 2. The number of H-pyrrole nitrogens is 1. The van der Waals surface area contributed by atoms with E-state index in [1.165, 1.54) is 12.8 Å². The van der Waals surface area contributed by atoms with E-state index in [1.54, 1.807) is 6.07 Å². The highest BCUT2D eigenvalue weighted by Crippen LogP contribution is 2.46.